The van der Waals surface area contributed by atoms with Crippen LogP contribution in [0.3, 0.4) is 0 Å². The highest BCUT2D eigenvalue weighted by Gasteiger charge is 2.60. The number of carbonyl (C=O) groups excluding carboxylic acids is 2. The molecular weight excluding hydrogens is 529 g/mol. The minimum atomic E-state index is -4.50. The van der Waals surface area contributed by atoms with E-state index in [0.717, 1.165) is 18.7 Å². The van der Waals surface area contributed by atoms with E-state index >= 15 is 0 Å². The van der Waals surface area contributed by atoms with Gasteiger partial charge in [-0.1, -0.05) is 13.8 Å². The van der Waals surface area contributed by atoms with Gasteiger partial charge in [0.05, 0.1) is 30.3 Å². The SMILES string of the molecule is COC1COCCC1N[C@@H]1C[C@H]2CN(C(=O)OCC(C)C)C[C@@]2(C(=O)N2CCc3ncc(C(F)(F)F)cc3C2)C1. The number of hydrogen-bond acceptors (Lipinski definition) is 7. The van der Waals surface area contributed by atoms with E-state index < -0.39 is 23.2 Å². The number of amides is 2. The van der Waals surface area contributed by atoms with Crippen molar-refractivity contribution in [3.8, 4) is 0 Å². The van der Waals surface area contributed by atoms with Crippen LogP contribution in [0.25, 0.3) is 0 Å². The van der Waals surface area contributed by atoms with Crippen molar-refractivity contribution >= 4 is 12.0 Å². The number of ether oxygens (including phenoxy) is 3. The first kappa shape index (κ1) is 29.1. The number of carbonyl (C=O) groups is 2. The number of pyridine rings is 1. The number of likely N-dealkylation sites (tertiary alicyclic amines) is 1. The van der Waals surface area contributed by atoms with Gasteiger partial charge in [0.2, 0.25) is 5.91 Å². The fourth-order valence-electron chi connectivity index (χ4n) is 6.80. The molecule has 1 aromatic heterocycles. The molecular formula is C28H39F3N4O5. The Hall–Kier alpha value is -2.44. The molecule has 2 unspecified atom stereocenters. The van der Waals surface area contributed by atoms with Gasteiger partial charge in [-0.2, -0.15) is 13.2 Å². The quantitative estimate of drug-likeness (QED) is 0.563. The third-order valence-electron chi connectivity index (χ3n) is 8.81. The van der Waals surface area contributed by atoms with E-state index in [-0.39, 0.29) is 49.0 Å². The van der Waals surface area contributed by atoms with Crippen LogP contribution in [0.15, 0.2) is 12.3 Å². The van der Waals surface area contributed by atoms with Crippen molar-refractivity contribution in [1.29, 1.82) is 0 Å². The van der Waals surface area contributed by atoms with E-state index in [4.69, 9.17) is 14.2 Å². The number of fused-ring (bicyclic) bond motifs is 2. The maximum atomic E-state index is 14.3. The average Bonchev–Trinajstić information content (AvgIpc) is 3.45. The normalized spacial score (nSPS) is 30.4. The molecule has 1 saturated carbocycles. The molecule has 0 radical (unpaired) electrons. The molecule has 40 heavy (non-hydrogen) atoms. The summed E-state index contributed by atoms with van der Waals surface area (Å²) in [5, 5.41) is 3.71. The predicted molar refractivity (Wildman–Crippen MR) is 138 cm³/mol. The molecule has 4 heterocycles. The Morgan fingerprint density at radius 1 is 1.30 bits per heavy atom. The maximum absolute atomic E-state index is 14.3. The Labute approximate surface area is 232 Å². The Morgan fingerprint density at radius 3 is 2.83 bits per heavy atom. The van der Waals surface area contributed by atoms with Crippen molar-refractivity contribution in [3.05, 3.63) is 29.1 Å². The van der Waals surface area contributed by atoms with Crippen LogP contribution in [0.2, 0.25) is 0 Å². The molecule has 5 rings (SSSR count). The molecule has 1 N–H and O–H groups in total. The van der Waals surface area contributed by atoms with Crippen LogP contribution in [0.4, 0.5) is 18.0 Å². The van der Waals surface area contributed by atoms with Gasteiger partial charge in [-0.25, -0.2) is 4.79 Å². The zero-order chi connectivity index (χ0) is 28.7. The molecule has 0 spiro atoms. The summed E-state index contributed by atoms with van der Waals surface area (Å²) >= 11 is 0. The molecule has 3 aliphatic heterocycles. The zero-order valence-electron chi connectivity index (χ0n) is 23.3. The molecule has 12 heteroatoms. The van der Waals surface area contributed by atoms with E-state index in [9.17, 15) is 22.8 Å². The molecule has 9 nitrogen and oxygen atoms in total. The molecule has 1 aliphatic carbocycles. The molecule has 2 amide bonds. The molecule has 0 bridgehead atoms. The van der Waals surface area contributed by atoms with Crippen molar-refractivity contribution in [2.75, 3.05) is 46.6 Å². The van der Waals surface area contributed by atoms with Gasteiger partial charge >= 0.3 is 12.3 Å². The van der Waals surface area contributed by atoms with Gasteiger partial charge in [0.25, 0.3) is 0 Å². The minimum absolute atomic E-state index is 0.0408. The number of nitrogens with one attached hydrogen (secondary N) is 1. The number of nitrogens with zero attached hydrogens (tertiary/aromatic N) is 3. The van der Waals surface area contributed by atoms with Crippen LogP contribution in [0, 0.1) is 17.3 Å². The summed E-state index contributed by atoms with van der Waals surface area (Å²) in [5.41, 5.74) is -0.640. The first-order valence-corrected chi connectivity index (χ1v) is 14.1. The van der Waals surface area contributed by atoms with Gasteiger partial charge in [0.15, 0.2) is 0 Å². The summed E-state index contributed by atoms with van der Waals surface area (Å²) in [6.45, 7) is 6.45. The minimum Gasteiger partial charge on any atom is -0.449 e. The number of hydrogen-bond donors (Lipinski definition) is 1. The van der Waals surface area contributed by atoms with Crippen molar-refractivity contribution in [1.82, 2.24) is 20.1 Å². The summed E-state index contributed by atoms with van der Waals surface area (Å²) in [7, 11) is 1.66. The summed E-state index contributed by atoms with van der Waals surface area (Å²) in [6, 6.07) is 1.24. The fourth-order valence-corrected chi connectivity index (χ4v) is 6.80. The van der Waals surface area contributed by atoms with E-state index in [2.05, 4.69) is 10.3 Å². The van der Waals surface area contributed by atoms with E-state index in [1.54, 1.807) is 16.9 Å². The Balaban J connectivity index is 1.36. The molecule has 1 aromatic rings. The summed E-state index contributed by atoms with van der Waals surface area (Å²) in [6.07, 6.45) is -1.73. The summed E-state index contributed by atoms with van der Waals surface area (Å²) in [5.74, 6) is -0.0164. The number of aromatic nitrogens is 1. The number of alkyl halides is 3. The molecule has 0 aromatic carbocycles. The standard InChI is InChI=1S/C28H39F3N4O5/c1-17(2)14-40-26(37)35-13-20-9-21(33-23-5-7-39-15-24(23)38-3)10-27(20,16-35)25(36)34-6-4-22-18(12-34)8-19(11-32-22)28(29,30)31/h8,11,17,20-21,23-24,33H,4-7,9-10,12-16H2,1-3H3/t20-,21+,23?,24?,27-/m0/s1. The first-order valence-electron chi connectivity index (χ1n) is 14.1. The van der Waals surface area contributed by atoms with Crippen LogP contribution < -0.4 is 5.32 Å². The van der Waals surface area contributed by atoms with E-state index in [0.29, 0.717) is 63.4 Å². The van der Waals surface area contributed by atoms with Crippen molar-refractivity contribution in [2.45, 2.75) is 70.4 Å². The molecule has 3 fully saturated rings. The lowest BCUT2D eigenvalue weighted by atomic mass is 9.78. The van der Waals surface area contributed by atoms with Gasteiger partial charge in [0, 0.05) is 70.3 Å². The van der Waals surface area contributed by atoms with E-state index in [1.807, 2.05) is 13.8 Å². The summed E-state index contributed by atoms with van der Waals surface area (Å²) in [4.78, 5) is 34.6. The van der Waals surface area contributed by atoms with Crippen LogP contribution in [0.5, 0.6) is 0 Å². The molecule has 5 atom stereocenters. The Morgan fingerprint density at radius 2 is 2.10 bits per heavy atom. The maximum Gasteiger partial charge on any atom is 0.417 e. The Kier molecular flexibility index (Phi) is 8.32. The lowest BCUT2D eigenvalue weighted by Gasteiger charge is -2.37. The van der Waals surface area contributed by atoms with Crippen molar-refractivity contribution in [2.24, 2.45) is 17.3 Å². The highest BCUT2D eigenvalue weighted by Crippen LogP contribution is 2.51. The lowest BCUT2D eigenvalue weighted by Crippen LogP contribution is -2.52. The van der Waals surface area contributed by atoms with Gasteiger partial charge in [-0.15, -0.1) is 0 Å². The molecule has 2 saturated heterocycles. The second-order valence-corrected chi connectivity index (χ2v) is 12.1. The summed E-state index contributed by atoms with van der Waals surface area (Å²) < 4.78 is 56.8. The smallest absolute Gasteiger partial charge is 0.417 e. The van der Waals surface area contributed by atoms with Crippen molar-refractivity contribution < 1.29 is 37.0 Å². The van der Waals surface area contributed by atoms with E-state index in [1.165, 1.54) is 0 Å². The topological polar surface area (TPSA) is 93.2 Å². The third kappa shape index (κ3) is 5.80. The zero-order valence-corrected chi connectivity index (χ0v) is 23.3. The van der Waals surface area contributed by atoms with Crippen LogP contribution >= 0.6 is 0 Å². The van der Waals surface area contributed by atoms with Crippen LogP contribution in [-0.4, -0.2) is 91.5 Å². The number of methoxy groups -OCH3 is 1. The van der Waals surface area contributed by atoms with Crippen LogP contribution in [0.1, 0.15) is 49.9 Å². The Bertz CT molecular complexity index is 1100. The van der Waals surface area contributed by atoms with Gasteiger partial charge in [-0.05, 0) is 42.7 Å². The van der Waals surface area contributed by atoms with Gasteiger partial charge in [-0.3, -0.25) is 9.78 Å². The number of halogens is 3. The van der Waals surface area contributed by atoms with Gasteiger partial charge < -0.3 is 29.3 Å². The molecule has 222 valence electrons. The third-order valence-corrected chi connectivity index (χ3v) is 8.81. The second kappa shape index (κ2) is 11.4. The monoisotopic (exact) mass is 568 g/mol. The predicted octanol–water partition coefficient (Wildman–Crippen LogP) is 3.25. The lowest BCUT2D eigenvalue weighted by molar-refractivity contribution is -0.143. The highest BCUT2D eigenvalue weighted by atomic mass is 19.4. The first-order chi connectivity index (χ1) is 19.0. The highest BCUT2D eigenvalue weighted by molar-refractivity contribution is 5.86. The van der Waals surface area contributed by atoms with Crippen LogP contribution in [-0.2, 0) is 38.1 Å². The largest absolute Gasteiger partial charge is 0.449 e. The van der Waals surface area contributed by atoms with Crippen molar-refractivity contribution in [3.63, 3.8) is 0 Å². The van der Waals surface area contributed by atoms with Gasteiger partial charge in [0.1, 0.15) is 0 Å². The fraction of sp³-hybridized carbons (Fsp3) is 0.750. The number of rotatable bonds is 6. The average molecular weight is 569 g/mol. The molecule has 4 aliphatic rings. The second-order valence-electron chi connectivity index (χ2n) is 12.1.